The lowest BCUT2D eigenvalue weighted by Gasteiger charge is -2.32. The number of hydrogen-bond donors (Lipinski definition) is 1. The third kappa shape index (κ3) is 5.15. The van der Waals surface area contributed by atoms with E-state index in [-0.39, 0.29) is 17.9 Å². The largest absolute Gasteiger partial charge is 0.345 e. The van der Waals surface area contributed by atoms with Crippen molar-refractivity contribution in [1.29, 1.82) is 0 Å². The Hall–Kier alpha value is -3.43. The Bertz CT molecular complexity index is 1160. The fraction of sp³-hybridized carbons (Fsp3) is 0.233. The zero-order valence-electron chi connectivity index (χ0n) is 18.9. The number of rotatable bonds is 6. The van der Waals surface area contributed by atoms with E-state index in [0.29, 0.717) is 0 Å². The molecule has 33 heavy (non-hydrogen) atoms. The van der Waals surface area contributed by atoms with Gasteiger partial charge in [-0.1, -0.05) is 97.1 Å². The maximum atomic E-state index is 13.2. The average Bonchev–Trinajstić information content (AvgIpc) is 2.88. The second kappa shape index (κ2) is 10.0. The smallest absolute Gasteiger partial charge is 0.223 e. The van der Waals surface area contributed by atoms with Crippen molar-refractivity contribution in [3.63, 3.8) is 0 Å². The summed E-state index contributed by atoms with van der Waals surface area (Å²) >= 11 is 0. The first-order chi connectivity index (χ1) is 16.3. The van der Waals surface area contributed by atoms with Gasteiger partial charge in [-0.15, -0.1) is 0 Å². The van der Waals surface area contributed by atoms with E-state index in [1.807, 2.05) is 36.4 Å². The third-order valence-electron chi connectivity index (χ3n) is 6.73. The summed E-state index contributed by atoms with van der Waals surface area (Å²) in [6.45, 7) is 2.84. The maximum Gasteiger partial charge on any atom is 0.223 e. The fourth-order valence-electron chi connectivity index (χ4n) is 4.86. The van der Waals surface area contributed by atoms with E-state index in [1.165, 1.54) is 16.3 Å². The maximum absolute atomic E-state index is 13.2. The number of nitrogens with zero attached hydrogens (tertiary/aromatic N) is 1. The minimum Gasteiger partial charge on any atom is -0.345 e. The molecular weight excluding hydrogens is 404 g/mol. The summed E-state index contributed by atoms with van der Waals surface area (Å²) in [6.07, 6.45) is 1.80. The molecule has 0 bridgehead atoms. The minimum absolute atomic E-state index is 0.0628. The summed E-state index contributed by atoms with van der Waals surface area (Å²) < 4.78 is 0. The van der Waals surface area contributed by atoms with Crippen molar-refractivity contribution in [2.75, 3.05) is 13.1 Å². The molecule has 0 spiro atoms. The van der Waals surface area contributed by atoms with Gasteiger partial charge in [0.1, 0.15) is 0 Å². The number of likely N-dealkylation sites (tertiary alicyclic amines) is 1. The molecule has 0 aromatic heterocycles. The highest BCUT2D eigenvalue weighted by atomic mass is 16.1. The Morgan fingerprint density at radius 2 is 1.33 bits per heavy atom. The monoisotopic (exact) mass is 434 g/mol. The highest BCUT2D eigenvalue weighted by molar-refractivity contribution is 5.83. The lowest BCUT2D eigenvalue weighted by Crippen LogP contribution is -2.41. The van der Waals surface area contributed by atoms with Crippen molar-refractivity contribution < 1.29 is 4.79 Å². The van der Waals surface area contributed by atoms with Crippen molar-refractivity contribution >= 4 is 16.7 Å². The first kappa shape index (κ1) is 21.4. The summed E-state index contributed by atoms with van der Waals surface area (Å²) in [5, 5.41) is 5.92. The Balaban J connectivity index is 1.21. The molecule has 1 heterocycles. The van der Waals surface area contributed by atoms with Gasteiger partial charge in [0.05, 0.1) is 6.04 Å². The zero-order valence-corrected chi connectivity index (χ0v) is 18.9. The molecule has 1 saturated heterocycles. The van der Waals surface area contributed by atoms with Crippen LogP contribution in [-0.4, -0.2) is 23.9 Å². The van der Waals surface area contributed by atoms with E-state index in [9.17, 15) is 4.79 Å². The Morgan fingerprint density at radius 3 is 1.97 bits per heavy atom. The molecule has 166 valence electrons. The third-order valence-corrected chi connectivity index (χ3v) is 6.73. The molecule has 1 N–H and O–H groups in total. The zero-order chi connectivity index (χ0) is 22.5. The van der Waals surface area contributed by atoms with Crippen LogP contribution < -0.4 is 5.32 Å². The van der Waals surface area contributed by atoms with Gasteiger partial charge in [-0.25, -0.2) is 0 Å². The van der Waals surface area contributed by atoms with Crippen LogP contribution in [0, 0.1) is 5.92 Å². The van der Waals surface area contributed by atoms with Crippen molar-refractivity contribution in [2.45, 2.75) is 25.4 Å². The quantitative estimate of drug-likeness (QED) is 0.406. The molecule has 4 aromatic rings. The highest BCUT2D eigenvalue weighted by Crippen LogP contribution is 2.25. The first-order valence-corrected chi connectivity index (χ1v) is 11.9. The van der Waals surface area contributed by atoms with Gasteiger partial charge in [0.15, 0.2) is 0 Å². The molecule has 0 atom stereocenters. The fourth-order valence-corrected chi connectivity index (χ4v) is 4.86. The molecule has 3 heteroatoms. The molecular formula is C30H30N2O. The van der Waals surface area contributed by atoms with Gasteiger partial charge >= 0.3 is 0 Å². The van der Waals surface area contributed by atoms with Crippen LogP contribution in [0.2, 0.25) is 0 Å². The normalized spacial score (nSPS) is 15.1. The number of nitrogens with one attached hydrogen (secondary N) is 1. The van der Waals surface area contributed by atoms with Gasteiger partial charge in [0.25, 0.3) is 0 Å². The highest BCUT2D eigenvalue weighted by Gasteiger charge is 2.27. The van der Waals surface area contributed by atoms with Crippen molar-refractivity contribution in [1.82, 2.24) is 10.2 Å². The van der Waals surface area contributed by atoms with E-state index in [1.54, 1.807) is 0 Å². The summed E-state index contributed by atoms with van der Waals surface area (Å²) in [5.74, 6) is 0.228. The Labute approximate surface area is 196 Å². The molecule has 3 nitrogen and oxygen atoms in total. The predicted molar refractivity (Wildman–Crippen MR) is 135 cm³/mol. The van der Waals surface area contributed by atoms with E-state index >= 15 is 0 Å². The van der Waals surface area contributed by atoms with Crippen LogP contribution in [-0.2, 0) is 11.3 Å². The van der Waals surface area contributed by atoms with E-state index in [2.05, 4.69) is 76.9 Å². The van der Waals surface area contributed by atoms with Crippen LogP contribution in [0.5, 0.6) is 0 Å². The van der Waals surface area contributed by atoms with Gasteiger partial charge in [-0.05, 0) is 59.5 Å². The topological polar surface area (TPSA) is 32.3 Å². The Morgan fingerprint density at radius 1 is 0.758 bits per heavy atom. The molecule has 1 fully saturated rings. The number of benzene rings is 4. The summed E-state index contributed by atoms with van der Waals surface area (Å²) in [6, 6.07) is 35.6. The lowest BCUT2D eigenvalue weighted by molar-refractivity contribution is -0.127. The van der Waals surface area contributed by atoms with E-state index in [4.69, 9.17) is 0 Å². The molecule has 4 aromatic carbocycles. The molecule has 0 saturated carbocycles. The molecule has 0 radical (unpaired) electrons. The molecule has 0 unspecified atom stereocenters. The van der Waals surface area contributed by atoms with Crippen LogP contribution in [0.15, 0.2) is 103 Å². The first-order valence-electron chi connectivity index (χ1n) is 11.9. The number of fused-ring (bicyclic) bond motifs is 1. The van der Waals surface area contributed by atoms with Crippen LogP contribution in [0.3, 0.4) is 0 Å². The lowest BCUT2D eigenvalue weighted by atomic mass is 9.93. The number of piperidine rings is 1. The van der Waals surface area contributed by atoms with E-state index in [0.717, 1.165) is 43.6 Å². The summed E-state index contributed by atoms with van der Waals surface area (Å²) in [7, 11) is 0. The van der Waals surface area contributed by atoms with Crippen molar-refractivity contribution in [2.24, 2.45) is 5.92 Å². The molecule has 0 aliphatic carbocycles. The molecule has 5 rings (SSSR count). The van der Waals surface area contributed by atoms with Crippen LogP contribution in [0.4, 0.5) is 0 Å². The number of amides is 1. The summed E-state index contributed by atoms with van der Waals surface area (Å²) in [4.78, 5) is 15.7. The number of carbonyl (C=O) groups excluding carboxylic acids is 1. The number of hydrogen-bond acceptors (Lipinski definition) is 2. The SMILES string of the molecule is O=C(NC(c1ccccc1)c1ccccc1)C1CCN(Cc2ccc3ccccc3c2)CC1. The van der Waals surface area contributed by atoms with Crippen LogP contribution in [0.1, 0.15) is 35.6 Å². The van der Waals surface area contributed by atoms with Crippen LogP contribution >= 0.6 is 0 Å². The molecule has 1 aliphatic heterocycles. The molecule has 1 amide bonds. The van der Waals surface area contributed by atoms with Crippen molar-refractivity contribution in [3.05, 3.63) is 120 Å². The second-order valence-electron chi connectivity index (χ2n) is 8.99. The van der Waals surface area contributed by atoms with Gasteiger partial charge in [0, 0.05) is 12.5 Å². The second-order valence-corrected chi connectivity index (χ2v) is 8.99. The molecule has 1 aliphatic rings. The standard InChI is InChI=1S/C30H30N2O/c33-30(31-29(25-10-3-1-4-11-25)26-12-5-2-6-13-26)27-17-19-32(20-18-27)22-23-15-16-24-9-7-8-14-28(24)21-23/h1-16,21,27,29H,17-20,22H2,(H,31,33). The van der Waals surface area contributed by atoms with Gasteiger partial charge in [-0.3, -0.25) is 9.69 Å². The van der Waals surface area contributed by atoms with Gasteiger partial charge in [-0.2, -0.15) is 0 Å². The van der Waals surface area contributed by atoms with Crippen molar-refractivity contribution in [3.8, 4) is 0 Å². The van der Waals surface area contributed by atoms with E-state index < -0.39 is 0 Å². The van der Waals surface area contributed by atoms with Gasteiger partial charge in [0.2, 0.25) is 5.91 Å². The van der Waals surface area contributed by atoms with Gasteiger partial charge < -0.3 is 5.32 Å². The minimum atomic E-state index is -0.115. The number of carbonyl (C=O) groups is 1. The van der Waals surface area contributed by atoms with Crippen LogP contribution in [0.25, 0.3) is 10.8 Å². The predicted octanol–water partition coefficient (Wildman–Crippen LogP) is 5.96. The average molecular weight is 435 g/mol. The Kier molecular flexibility index (Phi) is 6.50. The summed E-state index contributed by atoms with van der Waals surface area (Å²) in [5.41, 5.74) is 3.57.